The van der Waals surface area contributed by atoms with Gasteiger partial charge in [0.1, 0.15) is 0 Å². The monoisotopic (exact) mass is 331 g/mol. The Morgan fingerprint density at radius 3 is 2.00 bits per heavy atom. The summed E-state index contributed by atoms with van der Waals surface area (Å²) in [6.07, 6.45) is 0.828. The van der Waals surface area contributed by atoms with Gasteiger partial charge in [-0.05, 0) is 24.1 Å². The molecule has 1 heterocycles. The molecule has 1 aromatic rings. The van der Waals surface area contributed by atoms with Gasteiger partial charge < -0.3 is 16.4 Å². The molecular formula is C14H19Cl2N3O2. The van der Waals surface area contributed by atoms with E-state index in [9.17, 15) is 9.59 Å². The van der Waals surface area contributed by atoms with Gasteiger partial charge in [0.05, 0.1) is 11.8 Å². The predicted octanol–water partition coefficient (Wildman–Crippen LogP) is 0.823. The van der Waals surface area contributed by atoms with Crippen molar-refractivity contribution in [1.82, 2.24) is 4.90 Å². The molecule has 0 spiro atoms. The summed E-state index contributed by atoms with van der Waals surface area (Å²) in [5, 5.41) is 0.706. The van der Waals surface area contributed by atoms with Crippen LogP contribution in [-0.2, 0) is 16.0 Å². The number of rotatable bonds is 5. The zero-order valence-electron chi connectivity index (χ0n) is 11.5. The van der Waals surface area contributed by atoms with Crippen LogP contribution in [0, 0.1) is 11.8 Å². The Balaban J connectivity index is 0.00000220. The number of amides is 2. The van der Waals surface area contributed by atoms with E-state index < -0.39 is 23.7 Å². The highest BCUT2D eigenvalue weighted by atomic mass is 35.5. The van der Waals surface area contributed by atoms with E-state index in [4.69, 9.17) is 23.1 Å². The van der Waals surface area contributed by atoms with Gasteiger partial charge in [-0.3, -0.25) is 9.59 Å². The summed E-state index contributed by atoms with van der Waals surface area (Å²) in [6, 6.07) is 7.63. The highest BCUT2D eigenvalue weighted by Crippen LogP contribution is 2.23. The van der Waals surface area contributed by atoms with Crippen LogP contribution in [-0.4, -0.2) is 36.3 Å². The fourth-order valence-electron chi connectivity index (χ4n) is 2.58. The van der Waals surface area contributed by atoms with E-state index in [0.717, 1.165) is 18.5 Å². The maximum Gasteiger partial charge on any atom is 0.222 e. The van der Waals surface area contributed by atoms with Crippen LogP contribution >= 0.6 is 24.0 Å². The average molecular weight is 332 g/mol. The molecule has 21 heavy (non-hydrogen) atoms. The van der Waals surface area contributed by atoms with Crippen molar-refractivity contribution < 1.29 is 9.59 Å². The van der Waals surface area contributed by atoms with Gasteiger partial charge in [0.25, 0.3) is 0 Å². The summed E-state index contributed by atoms with van der Waals surface area (Å²) in [6.45, 7) is 1.75. The maximum atomic E-state index is 11.3. The largest absolute Gasteiger partial charge is 0.369 e. The fraction of sp³-hybridized carbons (Fsp3) is 0.429. The zero-order chi connectivity index (χ0) is 14.7. The molecule has 2 atom stereocenters. The maximum absolute atomic E-state index is 11.3. The highest BCUT2D eigenvalue weighted by molar-refractivity contribution is 6.30. The molecule has 0 bridgehead atoms. The van der Waals surface area contributed by atoms with E-state index in [1.165, 1.54) is 0 Å². The topological polar surface area (TPSA) is 89.4 Å². The number of hydrogen-bond acceptors (Lipinski definition) is 3. The molecule has 0 aromatic heterocycles. The van der Waals surface area contributed by atoms with Crippen LogP contribution < -0.4 is 11.5 Å². The molecule has 0 aliphatic carbocycles. The van der Waals surface area contributed by atoms with E-state index in [0.29, 0.717) is 18.1 Å². The number of carbonyl (C=O) groups is 2. The summed E-state index contributed by atoms with van der Waals surface area (Å²) in [5.74, 6) is -1.86. The smallest absolute Gasteiger partial charge is 0.222 e. The minimum Gasteiger partial charge on any atom is -0.369 e. The quantitative estimate of drug-likeness (QED) is 0.837. The standard InChI is InChI=1S/C14H18ClN3O2.ClH/c15-10-3-1-9(2-4-10)5-6-18-7-11(13(16)19)12(8-18)14(17)20;/h1-4,11-12H,5-8H2,(H2,16,19)(H2,17,20);1H. The summed E-state index contributed by atoms with van der Waals surface area (Å²) in [4.78, 5) is 24.7. The first kappa shape index (κ1) is 17.8. The van der Waals surface area contributed by atoms with Crippen LogP contribution in [0.4, 0.5) is 0 Å². The SMILES string of the molecule is Cl.NC(=O)C1CN(CCc2ccc(Cl)cc2)CC1C(N)=O. The molecule has 2 unspecified atom stereocenters. The predicted molar refractivity (Wildman–Crippen MR) is 84.2 cm³/mol. The molecule has 1 saturated heterocycles. The van der Waals surface area contributed by atoms with Gasteiger partial charge in [0, 0.05) is 24.7 Å². The van der Waals surface area contributed by atoms with Gasteiger partial charge in [-0.25, -0.2) is 0 Å². The van der Waals surface area contributed by atoms with E-state index in [-0.39, 0.29) is 12.4 Å². The Bertz CT molecular complexity index is 485. The Kier molecular flexibility index (Phi) is 6.45. The highest BCUT2D eigenvalue weighted by Gasteiger charge is 2.39. The molecule has 4 N–H and O–H groups in total. The van der Waals surface area contributed by atoms with Crippen molar-refractivity contribution in [1.29, 1.82) is 0 Å². The molecule has 1 aliphatic rings. The number of halogens is 2. The number of likely N-dealkylation sites (tertiary alicyclic amines) is 1. The second kappa shape index (κ2) is 7.64. The summed E-state index contributed by atoms with van der Waals surface area (Å²) in [5.41, 5.74) is 11.8. The van der Waals surface area contributed by atoms with E-state index in [1.807, 2.05) is 24.3 Å². The first-order valence-corrected chi connectivity index (χ1v) is 6.90. The van der Waals surface area contributed by atoms with Gasteiger partial charge in [-0.1, -0.05) is 23.7 Å². The lowest BCUT2D eigenvalue weighted by Gasteiger charge is -2.15. The second-order valence-corrected chi connectivity index (χ2v) is 5.59. The molecule has 2 rings (SSSR count). The second-order valence-electron chi connectivity index (χ2n) is 5.15. The van der Waals surface area contributed by atoms with E-state index in [1.54, 1.807) is 0 Å². The third-order valence-electron chi connectivity index (χ3n) is 3.76. The number of benzene rings is 1. The summed E-state index contributed by atoms with van der Waals surface area (Å²) < 4.78 is 0. The molecule has 2 amide bonds. The molecule has 1 aliphatic heterocycles. The van der Waals surface area contributed by atoms with Crippen LogP contribution in [0.15, 0.2) is 24.3 Å². The molecule has 116 valence electrons. The van der Waals surface area contributed by atoms with Crippen molar-refractivity contribution in [3.05, 3.63) is 34.9 Å². The van der Waals surface area contributed by atoms with E-state index >= 15 is 0 Å². The van der Waals surface area contributed by atoms with Crippen molar-refractivity contribution >= 4 is 35.8 Å². The van der Waals surface area contributed by atoms with Gasteiger partial charge in [-0.2, -0.15) is 0 Å². The molecule has 0 radical (unpaired) electrons. The lowest BCUT2D eigenvalue weighted by atomic mass is 9.95. The van der Waals surface area contributed by atoms with Crippen LogP contribution in [0.2, 0.25) is 5.02 Å². The van der Waals surface area contributed by atoms with Crippen LogP contribution in [0.5, 0.6) is 0 Å². The van der Waals surface area contributed by atoms with Crippen LogP contribution in [0.25, 0.3) is 0 Å². The summed E-state index contributed by atoms with van der Waals surface area (Å²) >= 11 is 5.83. The van der Waals surface area contributed by atoms with Crippen LogP contribution in [0.3, 0.4) is 0 Å². The van der Waals surface area contributed by atoms with Crippen molar-refractivity contribution in [3.8, 4) is 0 Å². The number of nitrogens with two attached hydrogens (primary N) is 2. The van der Waals surface area contributed by atoms with Crippen molar-refractivity contribution in [2.24, 2.45) is 23.3 Å². The van der Waals surface area contributed by atoms with Gasteiger partial charge in [-0.15, -0.1) is 12.4 Å². The minimum absolute atomic E-state index is 0. The van der Waals surface area contributed by atoms with Crippen molar-refractivity contribution in [2.75, 3.05) is 19.6 Å². The van der Waals surface area contributed by atoms with E-state index in [2.05, 4.69) is 4.90 Å². The van der Waals surface area contributed by atoms with Crippen molar-refractivity contribution in [2.45, 2.75) is 6.42 Å². The molecule has 1 aromatic carbocycles. The van der Waals surface area contributed by atoms with Gasteiger partial charge in [0.15, 0.2) is 0 Å². The number of primary amides is 2. The number of hydrogen-bond donors (Lipinski definition) is 2. The zero-order valence-corrected chi connectivity index (χ0v) is 13.1. The summed E-state index contributed by atoms with van der Waals surface area (Å²) in [7, 11) is 0. The third-order valence-corrected chi connectivity index (χ3v) is 4.01. The Morgan fingerprint density at radius 2 is 1.57 bits per heavy atom. The average Bonchev–Trinajstić information content (AvgIpc) is 2.83. The number of nitrogens with zero attached hydrogens (tertiary/aromatic N) is 1. The van der Waals surface area contributed by atoms with Crippen LogP contribution in [0.1, 0.15) is 5.56 Å². The van der Waals surface area contributed by atoms with Crippen molar-refractivity contribution in [3.63, 3.8) is 0 Å². The lowest BCUT2D eigenvalue weighted by molar-refractivity contribution is -0.129. The number of carbonyl (C=O) groups excluding carboxylic acids is 2. The Hall–Kier alpha value is -1.30. The molecule has 5 nitrogen and oxygen atoms in total. The third kappa shape index (κ3) is 4.59. The van der Waals surface area contributed by atoms with Gasteiger partial charge in [0.2, 0.25) is 11.8 Å². The van der Waals surface area contributed by atoms with Gasteiger partial charge >= 0.3 is 0 Å². The lowest BCUT2D eigenvalue weighted by Crippen LogP contribution is -2.36. The molecule has 1 fully saturated rings. The normalized spacial score (nSPS) is 21.8. The molecule has 7 heteroatoms. The molecule has 0 saturated carbocycles. The Labute approximate surface area is 135 Å². The first-order chi connectivity index (χ1) is 9.47. The first-order valence-electron chi connectivity index (χ1n) is 6.53. The fourth-order valence-corrected chi connectivity index (χ4v) is 2.71. The molecular weight excluding hydrogens is 313 g/mol. The minimum atomic E-state index is -0.474. The Morgan fingerprint density at radius 1 is 1.10 bits per heavy atom.